The molecule has 2 bridgehead atoms. The number of benzene rings is 1. The predicted molar refractivity (Wildman–Crippen MR) is 182 cm³/mol. The molecule has 11 nitrogen and oxygen atoms in total. The number of ketones is 1. The molecule has 2 aliphatic rings. The molecular weight excluding hydrogens is 602 g/mol. The molecule has 2 N–H and O–H groups in total. The highest BCUT2D eigenvalue weighted by molar-refractivity contribution is 8.32. The summed E-state index contributed by atoms with van der Waals surface area (Å²) < 4.78 is 1.66. The molecule has 2 aliphatic heterocycles. The van der Waals surface area contributed by atoms with E-state index in [1.54, 1.807) is 22.0 Å². The Labute approximate surface area is 272 Å². The Balaban J connectivity index is 1.57. The molecule has 0 aliphatic carbocycles. The average Bonchev–Trinajstić information content (AvgIpc) is 3.54. The number of hydrogen-bond donors (Lipinski definition) is 2. The number of nitrogens with one attached hydrogen (secondary N) is 2. The van der Waals surface area contributed by atoms with Gasteiger partial charge in [0.25, 0.3) is 0 Å². The number of rotatable bonds is 5. The number of carbonyl (C=O) groups excluding carboxylic acids is 4. The van der Waals surface area contributed by atoms with Crippen LogP contribution < -0.4 is 10.6 Å². The predicted octanol–water partition coefficient (Wildman–Crippen LogP) is 4.00. The van der Waals surface area contributed by atoms with Gasteiger partial charge in [0, 0.05) is 61.1 Å². The molecule has 5 rings (SSSR count). The Morgan fingerprint density at radius 2 is 1.74 bits per heavy atom. The molecule has 2 aromatic heterocycles. The first kappa shape index (κ1) is 33.6. The highest BCUT2D eigenvalue weighted by atomic mass is 32.3. The van der Waals surface area contributed by atoms with E-state index in [0.717, 1.165) is 47.9 Å². The van der Waals surface area contributed by atoms with Crippen molar-refractivity contribution in [2.75, 3.05) is 37.7 Å². The topological polar surface area (TPSA) is 139 Å². The molecule has 0 unspecified atom stereocenters. The number of amides is 3. The van der Waals surface area contributed by atoms with E-state index in [9.17, 15) is 19.2 Å². The minimum Gasteiger partial charge on any atom is -0.355 e. The summed E-state index contributed by atoms with van der Waals surface area (Å²) in [5.41, 5.74) is 3.30. The molecule has 12 heteroatoms. The molecule has 3 amide bonds. The van der Waals surface area contributed by atoms with Gasteiger partial charge < -0.3 is 15.5 Å². The molecule has 0 radical (unpaired) electrons. The van der Waals surface area contributed by atoms with Gasteiger partial charge >= 0.3 is 0 Å². The van der Waals surface area contributed by atoms with Crippen molar-refractivity contribution in [3.63, 3.8) is 0 Å². The summed E-state index contributed by atoms with van der Waals surface area (Å²) in [6, 6.07) is 3.36. The number of aryl methyl sites for hydroxylation is 2. The molecule has 1 saturated heterocycles. The quantitative estimate of drug-likeness (QED) is 0.399. The second-order valence-electron chi connectivity index (χ2n) is 14.1. The summed E-state index contributed by atoms with van der Waals surface area (Å²) >= 11 is 0. The van der Waals surface area contributed by atoms with Crippen molar-refractivity contribution in [1.82, 2.24) is 35.3 Å². The van der Waals surface area contributed by atoms with Crippen molar-refractivity contribution in [1.29, 1.82) is 0 Å². The van der Waals surface area contributed by atoms with E-state index >= 15 is 0 Å². The lowest BCUT2D eigenvalue weighted by Gasteiger charge is -2.28. The summed E-state index contributed by atoms with van der Waals surface area (Å²) in [4.78, 5) is 63.8. The van der Waals surface area contributed by atoms with E-state index in [-0.39, 0.29) is 30.0 Å². The van der Waals surface area contributed by atoms with Gasteiger partial charge in [-0.1, -0.05) is 19.8 Å². The van der Waals surface area contributed by atoms with Crippen molar-refractivity contribution in [2.24, 2.45) is 5.41 Å². The van der Waals surface area contributed by atoms with Gasteiger partial charge in [-0.2, -0.15) is 5.10 Å². The van der Waals surface area contributed by atoms with Gasteiger partial charge in [0.15, 0.2) is 5.78 Å². The van der Waals surface area contributed by atoms with Gasteiger partial charge in [0.05, 0.1) is 5.52 Å². The fourth-order valence-electron chi connectivity index (χ4n) is 6.44. The number of nitrogens with zero attached hydrogens (tertiary/aromatic N) is 5. The summed E-state index contributed by atoms with van der Waals surface area (Å²) in [5, 5.41) is 11.6. The third-order valence-corrected chi connectivity index (χ3v) is 9.90. The molecular formula is C34H47N7O4S. The van der Waals surface area contributed by atoms with Crippen molar-refractivity contribution in [3.8, 4) is 11.1 Å². The third-order valence-electron chi connectivity index (χ3n) is 8.88. The van der Waals surface area contributed by atoms with E-state index in [2.05, 4.69) is 45.4 Å². The van der Waals surface area contributed by atoms with Gasteiger partial charge in [-0.05, 0) is 74.6 Å². The van der Waals surface area contributed by atoms with Gasteiger partial charge in [-0.3, -0.25) is 23.9 Å². The molecule has 1 fully saturated rings. The largest absolute Gasteiger partial charge is 0.355 e. The van der Waals surface area contributed by atoms with Crippen molar-refractivity contribution < 1.29 is 19.2 Å². The van der Waals surface area contributed by atoms with Crippen LogP contribution in [0.5, 0.6) is 0 Å². The van der Waals surface area contributed by atoms with Crippen LogP contribution in [0.15, 0.2) is 24.5 Å². The number of fused-ring (bicyclic) bond motifs is 2. The van der Waals surface area contributed by atoms with E-state index < -0.39 is 21.5 Å². The maximum absolute atomic E-state index is 14.2. The summed E-state index contributed by atoms with van der Waals surface area (Å²) in [5.74, 6) is 0.612. The molecule has 4 heterocycles. The smallest absolute Gasteiger partial charge is 0.245 e. The van der Waals surface area contributed by atoms with Crippen LogP contribution in [0, 0.1) is 12.3 Å². The van der Waals surface area contributed by atoms with Crippen LogP contribution in [0.1, 0.15) is 74.2 Å². The van der Waals surface area contributed by atoms with Crippen LogP contribution in [0.2, 0.25) is 0 Å². The fourth-order valence-corrected chi connectivity index (χ4v) is 7.02. The molecule has 46 heavy (non-hydrogen) atoms. The Kier molecular flexibility index (Phi) is 9.86. The monoisotopic (exact) mass is 649 g/mol. The summed E-state index contributed by atoms with van der Waals surface area (Å²) in [7, 11) is -0.998. The van der Waals surface area contributed by atoms with Crippen LogP contribution in [0.3, 0.4) is 0 Å². The molecule has 3 aromatic rings. The lowest BCUT2D eigenvalue weighted by atomic mass is 9.87. The van der Waals surface area contributed by atoms with Gasteiger partial charge in [-0.25, -0.2) is 20.0 Å². The van der Waals surface area contributed by atoms with Crippen LogP contribution >= 0.6 is 10.0 Å². The second-order valence-corrected chi connectivity index (χ2v) is 18.6. The number of Topliss-reactive ketones (excluding diaryl/α,β-unsaturated/α-hetero) is 1. The zero-order valence-electron chi connectivity index (χ0n) is 27.9. The zero-order valence-corrected chi connectivity index (χ0v) is 28.8. The highest BCUT2D eigenvalue weighted by Gasteiger charge is 2.46. The third kappa shape index (κ3) is 7.76. The van der Waals surface area contributed by atoms with E-state index in [1.807, 2.05) is 19.9 Å². The zero-order chi connectivity index (χ0) is 33.2. The summed E-state index contributed by atoms with van der Waals surface area (Å²) in [6.45, 7) is 5.96. The Morgan fingerprint density at radius 1 is 1.04 bits per heavy atom. The first-order chi connectivity index (χ1) is 21.7. The van der Waals surface area contributed by atoms with Gasteiger partial charge in [0.1, 0.15) is 24.1 Å². The van der Waals surface area contributed by atoms with Crippen LogP contribution in [0.25, 0.3) is 22.0 Å². The molecule has 0 saturated carbocycles. The highest BCUT2D eigenvalue weighted by Crippen LogP contribution is 2.37. The number of aromatic nitrogens is 4. The van der Waals surface area contributed by atoms with E-state index in [4.69, 9.17) is 5.10 Å². The van der Waals surface area contributed by atoms with Crippen molar-refractivity contribution in [3.05, 3.63) is 41.6 Å². The first-order valence-corrected chi connectivity index (χ1v) is 19.1. The van der Waals surface area contributed by atoms with Gasteiger partial charge in [-0.15, -0.1) is 0 Å². The Hall–Kier alpha value is -3.80. The lowest BCUT2D eigenvalue weighted by Crippen LogP contribution is -2.47. The first-order valence-electron chi connectivity index (χ1n) is 16.1. The van der Waals surface area contributed by atoms with Gasteiger partial charge in [0.2, 0.25) is 17.7 Å². The van der Waals surface area contributed by atoms with E-state index in [1.165, 1.54) is 6.92 Å². The molecule has 0 spiro atoms. The van der Waals surface area contributed by atoms with Crippen molar-refractivity contribution >= 4 is 44.4 Å². The molecule has 1 aromatic carbocycles. The van der Waals surface area contributed by atoms with Crippen molar-refractivity contribution in [2.45, 2.75) is 78.3 Å². The molecule has 248 valence electrons. The van der Waals surface area contributed by atoms with Crippen LogP contribution in [0.4, 0.5) is 0 Å². The standard InChI is InChI=1S/C34H47N7O4S/c1-22(42)31-27-14-25(26-16-35-23(2)36-17-26)13-24-11-9-7-8-10-12-29(43)37-19-34(3)15-28(33(45)38-21-46(4,5)6)40(20-34)30(44)18-41(39-31)32(24)27/h13-14,16-17,28H,7-12,15,18-21H2,1-6H3,(H,37,43)(H,38,45)/t28-,34-/m0/s1. The minimum absolute atomic E-state index is 0.000670. The lowest BCUT2D eigenvalue weighted by molar-refractivity contribution is -0.138. The number of hydrogen-bond acceptors (Lipinski definition) is 7. The minimum atomic E-state index is -0.998. The molecule has 2 atom stereocenters. The second kappa shape index (κ2) is 13.5. The van der Waals surface area contributed by atoms with Crippen LogP contribution in [-0.2, 0) is 27.3 Å². The number of carbonyl (C=O) groups is 4. The normalized spacial score (nSPS) is 22.0. The SMILES string of the molecule is CC(=O)c1nn2c3c(cc(-c4cnc(C)nc4)cc13)CCCCCCC(=O)NC[C@]1(C)C[C@@H](C(=O)NCS(C)(C)C)N(C1)C(=O)C2. The van der Waals surface area contributed by atoms with E-state index in [0.29, 0.717) is 55.1 Å². The average molecular weight is 650 g/mol. The maximum Gasteiger partial charge on any atom is 0.245 e. The summed E-state index contributed by atoms with van der Waals surface area (Å²) in [6.07, 6.45) is 15.1. The maximum atomic E-state index is 14.2. The van der Waals surface area contributed by atoms with Crippen LogP contribution in [-0.4, -0.2) is 91.9 Å². The Morgan fingerprint density at radius 3 is 2.41 bits per heavy atom. The fraction of sp³-hybridized carbons (Fsp3) is 0.559. The Bertz CT molecular complexity index is 1650.